The number of rotatable bonds is 2. The van der Waals surface area contributed by atoms with E-state index in [1.807, 2.05) is 6.26 Å². The van der Waals surface area contributed by atoms with Crippen molar-refractivity contribution in [3.8, 4) is 0 Å². The molecule has 2 heterocycles. The van der Waals surface area contributed by atoms with Gasteiger partial charge in [-0.15, -0.1) is 0 Å². The molecule has 1 aliphatic carbocycles. The summed E-state index contributed by atoms with van der Waals surface area (Å²) in [5, 5.41) is 0. The molecule has 2 aliphatic heterocycles. The molecular formula is C15H14NO+. The highest BCUT2D eigenvalue weighted by Crippen LogP contribution is 2.57. The van der Waals surface area contributed by atoms with Gasteiger partial charge in [-0.3, -0.25) is 0 Å². The van der Waals surface area contributed by atoms with Crippen LogP contribution in [0.3, 0.4) is 0 Å². The molecule has 0 fully saturated rings. The maximum absolute atomic E-state index is 5.46. The first kappa shape index (κ1) is 9.23. The Morgan fingerprint density at radius 1 is 1.29 bits per heavy atom. The molecule has 1 aromatic carbocycles. The Bertz CT molecular complexity index is 582. The highest BCUT2D eigenvalue weighted by Gasteiger charge is 2.61. The largest absolute Gasteiger partial charge is 0.468 e. The number of nitrogens with zero attached hydrogens (tertiary/aromatic N) is 1. The number of ether oxygens (including phenoxy) is 1. The molecule has 0 bridgehead atoms. The summed E-state index contributed by atoms with van der Waals surface area (Å²) in [6, 6.07) is 11.1. The summed E-state index contributed by atoms with van der Waals surface area (Å²) < 4.78 is 7.87. The second kappa shape index (κ2) is 2.89. The van der Waals surface area contributed by atoms with Crippen LogP contribution in [0.5, 0.6) is 0 Å². The van der Waals surface area contributed by atoms with E-state index in [4.69, 9.17) is 4.74 Å². The van der Waals surface area contributed by atoms with Crippen molar-refractivity contribution < 1.29 is 9.31 Å². The quantitative estimate of drug-likeness (QED) is 0.703. The number of benzene rings is 1. The zero-order valence-electron chi connectivity index (χ0n) is 9.76. The molecule has 0 saturated heterocycles. The van der Waals surface area contributed by atoms with E-state index >= 15 is 0 Å². The average molecular weight is 224 g/mol. The fourth-order valence-electron chi connectivity index (χ4n) is 2.83. The summed E-state index contributed by atoms with van der Waals surface area (Å²) >= 11 is 0. The van der Waals surface area contributed by atoms with Crippen molar-refractivity contribution in [1.29, 1.82) is 0 Å². The van der Waals surface area contributed by atoms with E-state index in [1.165, 1.54) is 11.1 Å². The fourth-order valence-corrected chi connectivity index (χ4v) is 2.83. The minimum Gasteiger partial charge on any atom is -0.468 e. The second-order valence-electron chi connectivity index (χ2n) is 5.06. The van der Waals surface area contributed by atoms with Gasteiger partial charge < -0.3 is 4.74 Å². The first-order chi connectivity index (χ1) is 8.29. The summed E-state index contributed by atoms with van der Waals surface area (Å²) in [4.78, 5) is 0. The lowest BCUT2D eigenvalue weighted by Crippen LogP contribution is -2.19. The highest BCUT2D eigenvalue weighted by atomic mass is 16.5. The van der Waals surface area contributed by atoms with E-state index in [-0.39, 0.29) is 5.41 Å². The van der Waals surface area contributed by atoms with Crippen LogP contribution in [0.25, 0.3) is 0 Å². The third kappa shape index (κ3) is 1.13. The standard InChI is InChI=1S/C15H14NO/c1-11(12-5-3-2-4-6-12)16-8-13-9-17-14-7-15(13,14)10-16/h2-9,11H,10H2,1H3/q+1/t11-,15-/m1/s1. The molecule has 2 heteroatoms. The first-order valence-corrected chi connectivity index (χ1v) is 6.06. The minimum absolute atomic E-state index is 0.156. The molecule has 0 aromatic heterocycles. The van der Waals surface area contributed by atoms with E-state index < -0.39 is 0 Å². The summed E-state index contributed by atoms with van der Waals surface area (Å²) in [7, 11) is 0. The van der Waals surface area contributed by atoms with E-state index in [9.17, 15) is 0 Å². The third-order valence-electron chi connectivity index (χ3n) is 4.08. The molecule has 84 valence electrons. The molecular weight excluding hydrogens is 210 g/mol. The van der Waals surface area contributed by atoms with Crippen LogP contribution in [0.15, 0.2) is 54.0 Å². The lowest BCUT2D eigenvalue weighted by atomic mass is 9.98. The van der Waals surface area contributed by atoms with Crippen LogP contribution in [0.4, 0.5) is 0 Å². The molecule has 4 rings (SSSR count). The Kier molecular flexibility index (Phi) is 1.57. The Morgan fingerprint density at radius 3 is 2.82 bits per heavy atom. The van der Waals surface area contributed by atoms with Crippen LogP contribution in [0.2, 0.25) is 0 Å². The van der Waals surface area contributed by atoms with Crippen molar-refractivity contribution in [1.82, 2.24) is 0 Å². The zero-order chi connectivity index (χ0) is 11.5. The van der Waals surface area contributed by atoms with Crippen LogP contribution in [-0.2, 0) is 4.74 Å². The van der Waals surface area contributed by atoms with Gasteiger partial charge in [0.05, 0.1) is 5.57 Å². The summed E-state index contributed by atoms with van der Waals surface area (Å²) in [5.41, 5.74) is 2.84. The number of hydrogen-bond donors (Lipinski definition) is 0. The van der Waals surface area contributed by atoms with Gasteiger partial charge in [-0.2, -0.15) is 0 Å². The van der Waals surface area contributed by atoms with Gasteiger partial charge >= 0.3 is 0 Å². The van der Waals surface area contributed by atoms with Crippen molar-refractivity contribution in [2.24, 2.45) is 5.41 Å². The average Bonchev–Trinajstić information content (AvgIpc) is 2.78. The highest BCUT2D eigenvalue weighted by molar-refractivity contribution is 5.84. The van der Waals surface area contributed by atoms with Gasteiger partial charge in [0.1, 0.15) is 17.4 Å². The van der Waals surface area contributed by atoms with Gasteiger partial charge in [0.2, 0.25) is 0 Å². The molecule has 2 atom stereocenters. The van der Waals surface area contributed by atoms with E-state index in [1.54, 1.807) is 0 Å². The first-order valence-electron chi connectivity index (χ1n) is 6.06. The van der Waals surface area contributed by atoms with Gasteiger partial charge in [0.15, 0.2) is 18.8 Å². The van der Waals surface area contributed by atoms with Gasteiger partial charge in [0.25, 0.3) is 0 Å². The summed E-state index contributed by atoms with van der Waals surface area (Å²) in [6.07, 6.45) is 6.37. The molecule has 0 N–H and O–H groups in total. The Morgan fingerprint density at radius 2 is 2.12 bits per heavy atom. The molecule has 1 aromatic rings. The lowest BCUT2D eigenvalue weighted by molar-refractivity contribution is -0.563. The predicted molar refractivity (Wildman–Crippen MR) is 65.7 cm³/mol. The Labute approximate surface area is 101 Å². The van der Waals surface area contributed by atoms with E-state index in [0.29, 0.717) is 6.04 Å². The molecule has 0 unspecified atom stereocenters. The van der Waals surface area contributed by atoms with Crippen LogP contribution >= 0.6 is 0 Å². The van der Waals surface area contributed by atoms with Gasteiger partial charge in [0, 0.05) is 12.5 Å². The molecule has 0 saturated carbocycles. The van der Waals surface area contributed by atoms with Gasteiger partial charge in [-0.1, -0.05) is 30.3 Å². The van der Waals surface area contributed by atoms with Gasteiger partial charge in [-0.05, 0) is 6.08 Å². The lowest BCUT2D eigenvalue weighted by Gasteiger charge is -2.10. The second-order valence-corrected chi connectivity index (χ2v) is 5.06. The van der Waals surface area contributed by atoms with Crippen molar-refractivity contribution in [2.75, 3.05) is 6.54 Å². The molecule has 1 spiro atoms. The summed E-state index contributed by atoms with van der Waals surface area (Å²) in [6.45, 7) is 3.29. The Balaban J connectivity index is 1.65. The smallest absolute Gasteiger partial charge is 0.175 e. The van der Waals surface area contributed by atoms with Crippen LogP contribution in [-0.4, -0.2) is 17.3 Å². The SMILES string of the molecule is C[C@H](c1ccccc1)[N+]1=CC2=COC3=C[C@@]23C1. The van der Waals surface area contributed by atoms with Crippen molar-refractivity contribution in [3.63, 3.8) is 0 Å². The molecule has 0 radical (unpaired) electrons. The maximum Gasteiger partial charge on any atom is 0.175 e. The third-order valence-corrected chi connectivity index (χ3v) is 4.08. The minimum atomic E-state index is 0.156. The van der Waals surface area contributed by atoms with Crippen LogP contribution < -0.4 is 0 Å². The Hall–Kier alpha value is -1.83. The topological polar surface area (TPSA) is 12.2 Å². The zero-order valence-corrected chi connectivity index (χ0v) is 9.76. The maximum atomic E-state index is 5.46. The molecule has 3 aliphatic rings. The van der Waals surface area contributed by atoms with Crippen molar-refractivity contribution in [2.45, 2.75) is 13.0 Å². The fraction of sp³-hybridized carbons (Fsp3) is 0.267. The van der Waals surface area contributed by atoms with Crippen LogP contribution in [0, 0.1) is 5.41 Å². The van der Waals surface area contributed by atoms with Crippen LogP contribution in [0.1, 0.15) is 18.5 Å². The monoisotopic (exact) mass is 224 g/mol. The summed E-state index contributed by atoms with van der Waals surface area (Å²) in [5.74, 6) is 1.14. The molecule has 2 nitrogen and oxygen atoms in total. The molecule has 17 heavy (non-hydrogen) atoms. The van der Waals surface area contributed by atoms with Gasteiger partial charge in [-0.25, -0.2) is 4.58 Å². The van der Waals surface area contributed by atoms with E-state index in [0.717, 1.165) is 12.3 Å². The normalized spacial score (nSPS) is 29.6. The van der Waals surface area contributed by atoms with Crippen molar-refractivity contribution in [3.05, 3.63) is 59.6 Å². The van der Waals surface area contributed by atoms with Crippen molar-refractivity contribution >= 4 is 6.21 Å². The number of hydrogen-bond acceptors (Lipinski definition) is 1. The predicted octanol–water partition coefficient (Wildman–Crippen LogP) is 2.64. The molecule has 0 amide bonds. The van der Waals surface area contributed by atoms with E-state index in [2.05, 4.69) is 54.1 Å².